The molecular weight excluding hydrogens is 350 g/mol. The van der Waals surface area contributed by atoms with Crippen LogP contribution in [0.15, 0.2) is 22.7 Å². The molecule has 2 amide bonds. The number of hydrogen-bond acceptors (Lipinski definition) is 5. The second-order valence-corrected chi connectivity index (χ2v) is 8.88. The molecule has 1 aliphatic heterocycles. The largest absolute Gasteiger partial charge is 0.361 e. The Bertz CT molecular complexity index is 803. The van der Waals surface area contributed by atoms with E-state index in [0.29, 0.717) is 10.6 Å². The fourth-order valence-electron chi connectivity index (χ4n) is 3.17. The monoisotopic (exact) mass is 375 g/mol. The van der Waals surface area contributed by atoms with E-state index in [-0.39, 0.29) is 29.8 Å². The van der Waals surface area contributed by atoms with E-state index < -0.39 is 0 Å². The van der Waals surface area contributed by atoms with Gasteiger partial charge in [-0.2, -0.15) is 0 Å². The van der Waals surface area contributed by atoms with E-state index in [1.54, 1.807) is 6.07 Å². The van der Waals surface area contributed by atoms with Crippen LogP contribution in [-0.4, -0.2) is 34.0 Å². The van der Waals surface area contributed by atoms with E-state index in [1.165, 1.54) is 11.3 Å². The van der Waals surface area contributed by atoms with Crippen molar-refractivity contribution >= 4 is 23.2 Å². The Morgan fingerprint density at radius 2 is 2.15 bits per heavy atom. The van der Waals surface area contributed by atoms with Gasteiger partial charge in [0.05, 0.1) is 23.0 Å². The molecule has 1 aliphatic rings. The van der Waals surface area contributed by atoms with Gasteiger partial charge < -0.3 is 14.7 Å². The molecule has 0 aliphatic carbocycles. The zero-order valence-corrected chi connectivity index (χ0v) is 16.5. The van der Waals surface area contributed by atoms with Crippen molar-refractivity contribution in [3.63, 3.8) is 0 Å². The number of aromatic nitrogens is 1. The predicted molar refractivity (Wildman–Crippen MR) is 100 cm³/mol. The average Bonchev–Trinajstić information content (AvgIpc) is 3.24. The topological polar surface area (TPSA) is 75.4 Å². The van der Waals surface area contributed by atoms with E-state index in [4.69, 9.17) is 4.52 Å². The minimum atomic E-state index is -0.272. The first-order valence-corrected chi connectivity index (χ1v) is 9.68. The highest BCUT2D eigenvalue weighted by atomic mass is 32.1. The SMILES string of the molecule is Cc1cc(CC(=O)N2CCCC2c2ccc(C(=O)NC(C)(C)C)s2)on1. The maximum Gasteiger partial charge on any atom is 0.261 e. The molecule has 26 heavy (non-hydrogen) atoms. The van der Waals surface area contributed by atoms with Crippen molar-refractivity contribution in [3.8, 4) is 0 Å². The molecule has 1 saturated heterocycles. The lowest BCUT2D eigenvalue weighted by Crippen LogP contribution is -2.40. The van der Waals surface area contributed by atoms with Gasteiger partial charge in [-0.3, -0.25) is 9.59 Å². The normalized spacial score (nSPS) is 17.5. The molecule has 1 N–H and O–H groups in total. The maximum atomic E-state index is 12.7. The quantitative estimate of drug-likeness (QED) is 0.888. The van der Waals surface area contributed by atoms with Gasteiger partial charge in [0, 0.05) is 23.0 Å². The van der Waals surface area contributed by atoms with Crippen LogP contribution >= 0.6 is 11.3 Å². The lowest BCUT2D eigenvalue weighted by atomic mass is 10.1. The highest BCUT2D eigenvalue weighted by molar-refractivity contribution is 7.14. The second kappa shape index (κ2) is 7.23. The molecule has 6 nitrogen and oxygen atoms in total. The summed E-state index contributed by atoms with van der Waals surface area (Å²) < 4.78 is 5.17. The summed E-state index contributed by atoms with van der Waals surface area (Å²) in [7, 11) is 0. The molecule has 3 rings (SSSR count). The van der Waals surface area contributed by atoms with Gasteiger partial charge in [0.15, 0.2) is 0 Å². The van der Waals surface area contributed by atoms with E-state index >= 15 is 0 Å². The Morgan fingerprint density at radius 1 is 1.38 bits per heavy atom. The van der Waals surface area contributed by atoms with Gasteiger partial charge in [-0.1, -0.05) is 5.16 Å². The number of nitrogens with zero attached hydrogens (tertiary/aromatic N) is 2. The highest BCUT2D eigenvalue weighted by Gasteiger charge is 2.32. The molecule has 1 fully saturated rings. The van der Waals surface area contributed by atoms with E-state index in [9.17, 15) is 9.59 Å². The predicted octanol–water partition coefficient (Wildman–Crippen LogP) is 3.48. The molecular formula is C19H25N3O3S. The van der Waals surface area contributed by atoms with E-state index in [1.807, 2.05) is 44.7 Å². The standard InChI is InChI=1S/C19H25N3O3S/c1-12-10-13(25-21-12)11-17(23)22-9-5-6-14(22)15-7-8-16(26-15)18(24)20-19(2,3)4/h7-8,10,14H,5-6,9,11H2,1-4H3,(H,20,24). The van der Waals surface area contributed by atoms with Crippen LogP contribution in [0.1, 0.15) is 65.7 Å². The van der Waals surface area contributed by atoms with Crippen molar-refractivity contribution in [2.24, 2.45) is 0 Å². The van der Waals surface area contributed by atoms with Crippen molar-refractivity contribution in [3.05, 3.63) is 39.4 Å². The van der Waals surface area contributed by atoms with Gasteiger partial charge in [-0.05, 0) is 52.7 Å². The van der Waals surface area contributed by atoms with Crippen molar-refractivity contribution in [1.82, 2.24) is 15.4 Å². The smallest absolute Gasteiger partial charge is 0.261 e. The molecule has 0 saturated carbocycles. The molecule has 140 valence electrons. The summed E-state index contributed by atoms with van der Waals surface area (Å²) in [6, 6.07) is 5.65. The molecule has 2 aromatic rings. The number of amides is 2. The summed E-state index contributed by atoms with van der Waals surface area (Å²) in [5.41, 5.74) is 0.504. The Balaban J connectivity index is 1.70. The summed E-state index contributed by atoms with van der Waals surface area (Å²) in [5, 5.41) is 6.82. The van der Waals surface area contributed by atoms with Crippen LogP contribution in [0, 0.1) is 6.92 Å². The van der Waals surface area contributed by atoms with Crippen LogP contribution in [0.5, 0.6) is 0 Å². The van der Waals surface area contributed by atoms with E-state index in [0.717, 1.165) is 30.0 Å². The van der Waals surface area contributed by atoms with Gasteiger partial charge in [0.1, 0.15) is 5.76 Å². The van der Waals surface area contributed by atoms with Crippen LogP contribution in [0.3, 0.4) is 0 Å². The van der Waals surface area contributed by atoms with Crippen LogP contribution in [0.25, 0.3) is 0 Å². The van der Waals surface area contributed by atoms with Crippen LogP contribution in [0.4, 0.5) is 0 Å². The first-order chi connectivity index (χ1) is 12.2. The zero-order valence-electron chi connectivity index (χ0n) is 15.7. The average molecular weight is 375 g/mol. The van der Waals surface area contributed by atoms with E-state index in [2.05, 4.69) is 10.5 Å². The highest BCUT2D eigenvalue weighted by Crippen LogP contribution is 2.36. The zero-order chi connectivity index (χ0) is 18.9. The third-order valence-electron chi connectivity index (χ3n) is 4.24. The molecule has 1 unspecified atom stereocenters. The van der Waals surface area contributed by atoms with Crippen molar-refractivity contribution in [2.45, 2.75) is 58.5 Å². The summed E-state index contributed by atoms with van der Waals surface area (Å²) in [6.45, 7) is 8.45. The van der Waals surface area contributed by atoms with Crippen LogP contribution in [0.2, 0.25) is 0 Å². The summed E-state index contributed by atoms with van der Waals surface area (Å²) in [4.78, 5) is 28.7. The first-order valence-electron chi connectivity index (χ1n) is 8.87. The molecule has 3 heterocycles. The Morgan fingerprint density at radius 3 is 2.81 bits per heavy atom. The Labute approximate surface area is 157 Å². The minimum absolute atomic E-state index is 0.0349. The van der Waals surface area contributed by atoms with Crippen LogP contribution in [-0.2, 0) is 11.2 Å². The Kier molecular flexibility index (Phi) is 5.18. The summed E-state index contributed by atoms with van der Waals surface area (Å²) >= 11 is 1.47. The second-order valence-electron chi connectivity index (χ2n) is 7.76. The van der Waals surface area contributed by atoms with Crippen molar-refractivity contribution < 1.29 is 14.1 Å². The number of thiophene rings is 1. The number of rotatable bonds is 4. The minimum Gasteiger partial charge on any atom is -0.361 e. The Hall–Kier alpha value is -2.15. The van der Waals surface area contributed by atoms with Crippen LogP contribution < -0.4 is 5.32 Å². The lowest BCUT2D eigenvalue weighted by Gasteiger charge is -2.23. The summed E-state index contributed by atoms with van der Waals surface area (Å²) in [5.74, 6) is 0.564. The number of carbonyl (C=O) groups is 2. The van der Waals surface area contributed by atoms with Crippen molar-refractivity contribution in [1.29, 1.82) is 0 Å². The number of hydrogen-bond donors (Lipinski definition) is 1. The third kappa shape index (κ3) is 4.33. The third-order valence-corrected chi connectivity index (χ3v) is 5.43. The fraction of sp³-hybridized carbons (Fsp3) is 0.526. The first kappa shape index (κ1) is 18.6. The fourth-order valence-corrected chi connectivity index (χ4v) is 4.22. The molecule has 2 aromatic heterocycles. The number of likely N-dealkylation sites (tertiary alicyclic amines) is 1. The molecule has 0 spiro atoms. The molecule has 0 aromatic carbocycles. The van der Waals surface area contributed by atoms with Crippen molar-refractivity contribution in [2.75, 3.05) is 6.54 Å². The van der Waals surface area contributed by atoms with Gasteiger partial charge in [-0.25, -0.2) is 0 Å². The number of aryl methyl sites for hydroxylation is 1. The summed E-state index contributed by atoms with van der Waals surface area (Å²) in [6.07, 6.45) is 2.11. The molecule has 0 bridgehead atoms. The molecule has 1 atom stereocenters. The number of carbonyl (C=O) groups excluding carboxylic acids is 2. The molecule has 7 heteroatoms. The van der Waals surface area contributed by atoms with Gasteiger partial charge in [0.25, 0.3) is 5.91 Å². The number of nitrogens with one attached hydrogen (secondary N) is 1. The molecule has 0 radical (unpaired) electrons. The van der Waals surface area contributed by atoms with Gasteiger partial charge in [0.2, 0.25) is 5.91 Å². The van der Waals surface area contributed by atoms with Gasteiger partial charge >= 0.3 is 0 Å². The van der Waals surface area contributed by atoms with Gasteiger partial charge in [-0.15, -0.1) is 11.3 Å². The maximum absolute atomic E-state index is 12.7. The lowest BCUT2D eigenvalue weighted by molar-refractivity contribution is -0.131.